The maximum atomic E-state index is 14.4. The van der Waals surface area contributed by atoms with Gasteiger partial charge in [0.1, 0.15) is 5.69 Å². The first kappa shape index (κ1) is 22.3. The van der Waals surface area contributed by atoms with Crippen LogP contribution in [0.1, 0.15) is 30.1 Å². The van der Waals surface area contributed by atoms with Crippen molar-refractivity contribution in [1.29, 1.82) is 0 Å². The van der Waals surface area contributed by atoms with Crippen molar-refractivity contribution in [3.05, 3.63) is 102 Å². The molecule has 6 heteroatoms. The van der Waals surface area contributed by atoms with Crippen LogP contribution in [-0.2, 0) is 13.6 Å². The lowest BCUT2D eigenvalue weighted by Gasteiger charge is -2.25. The molecule has 0 bridgehead atoms. The molecule has 1 unspecified atom stereocenters. The van der Waals surface area contributed by atoms with Crippen molar-refractivity contribution in [3.8, 4) is 22.9 Å². The maximum absolute atomic E-state index is 14.4. The lowest BCUT2D eigenvalue weighted by molar-refractivity contribution is 0.104. The van der Waals surface area contributed by atoms with Crippen LogP contribution in [0.15, 0.2) is 84.9 Å². The number of hydrogen-bond acceptors (Lipinski definition) is 4. The van der Waals surface area contributed by atoms with Gasteiger partial charge in [-0.05, 0) is 30.5 Å². The van der Waals surface area contributed by atoms with Gasteiger partial charge in [0.05, 0.1) is 11.7 Å². The summed E-state index contributed by atoms with van der Waals surface area (Å²) in [6.45, 7) is 1.04. The van der Waals surface area contributed by atoms with Crippen LogP contribution in [0.2, 0.25) is 0 Å². The Morgan fingerprint density at radius 3 is 2.32 bits per heavy atom. The van der Waals surface area contributed by atoms with Gasteiger partial charge in [0, 0.05) is 31.7 Å². The molecule has 1 aromatic heterocycles. The van der Waals surface area contributed by atoms with Crippen molar-refractivity contribution in [3.63, 3.8) is 0 Å². The van der Waals surface area contributed by atoms with E-state index in [4.69, 9.17) is 9.84 Å². The first-order valence-corrected chi connectivity index (χ1v) is 11.6. The highest BCUT2D eigenvalue weighted by Gasteiger charge is 2.33. The summed E-state index contributed by atoms with van der Waals surface area (Å²) in [7, 11) is 1.81. The second-order valence-electron chi connectivity index (χ2n) is 8.74. The molecule has 4 aromatic rings. The Morgan fingerprint density at radius 2 is 1.65 bits per heavy atom. The van der Waals surface area contributed by atoms with Gasteiger partial charge in [0.2, 0.25) is 5.88 Å². The van der Waals surface area contributed by atoms with E-state index < -0.39 is 11.9 Å². The van der Waals surface area contributed by atoms with E-state index in [-0.39, 0.29) is 5.75 Å². The molecule has 0 aliphatic heterocycles. The summed E-state index contributed by atoms with van der Waals surface area (Å²) in [6.07, 6.45) is 1.58. The van der Waals surface area contributed by atoms with Crippen LogP contribution in [0.5, 0.6) is 11.6 Å². The van der Waals surface area contributed by atoms with Gasteiger partial charge in [-0.15, -0.1) is 0 Å². The van der Waals surface area contributed by atoms with Gasteiger partial charge >= 0.3 is 0 Å². The topological polar surface area (TPSA) is 50.5 Å². The lowest BCUT2D eigenvalue weighted by atomic mass is 10.1. The molecule has 1 saturated carbocycles. The minimum Gasteiger partial charge on any atom is -0.436 e. The zero-order valence-electron chi connectivity index (χ0n) is 19.1. The first-order chi connectivity index (χ1) is 16.6. The molecule has 5 rings (SSSR count). The van der Waals surface area contributed by atoms with Crippen LogP contribution in [-0.4, -0.2) is 32.4 Å². The quantitative estimate of drug-likeness (QED) is 0.349. The standard InChI is InChI=1S/C28H28FN3O2/c1-31-28(34-26-15-9-8-14-24(26)29)23(27(30-31)21-12-6-3-7-13-21)18-32(22-16-17-22)19-25(33)20-10-4-2-5-11-20/h2-15,22,25,33H,16-19H2,1H3. The minimum atomic E-state index is -0.602. The van der Waals surface area contributed by atoms with Gasteiger partial charge in [-0.25, -0.2) is 9.07 Å². The lowest BCUT2D eigenvalue weighted by Crippen LogP contribution is -2.30. The van der Waals surface area contributed by atoms with E-state index in [1.165, 1.54) is 6.07 Å². The Hall–Kier alpha value is -3.48. The third kappa shape index (κ3) is 4.88. The zero-order chi connectivity index (χ0) is 23.5. The van der Waals surface area contributed by atoms with Crippen molar-refractivity contribution in [1.82, 2.24) is 14.7 Å². The van der Waals surface area contributed by atoms with Gasteiger partial charge in [-0.1, -0.05) is 72.8 Å². The highest BCUT2D eigenvalue weighted by molar-refractivity contribution is 5.65. The van der Waals surface area contributed by atoms with Crippen molar-refractivity contribution in [2.24, 2.45) is 7.05 Å². The number of aliphatic hydroxyl groups is 1. The summed E-state index contributed by atoms with van der Waals surface area (Å²) in [5.74, 6) is 0.243. The van der Waals surface area contributed by atoms with Crippen LogP contribution in [0, 0.1) is 5.82 Å². The first-order valence-electron chi connectivity index (χ1n) is 11.6. The molecule has 174 valence electrons. The average molecular weight is 458 g/mol. The van der Waals surface area contributed by atoms with E-state index >= 15 is 0 Å². The van der Waals surface area contributed by atoms with E-state index in [1.54, 1.807) is 22.9 Å². The summed E-state index contributed by atoms with van der Waals surface area (Å²) in [6, 6.07) is 26.4. The maximum Gasteiger partial charge on any atom is 0.222 e. The molecule has 0 amide bonds. The number of aliphatic hydroxyl groups excluding tert-OH is 1. The molecule has 5 nitrogen and oxygen atoms in total. The Balaban J connectivity index is 1.50. The molecule has 1 aliphatic rings. The third-order valence-electron chi connectivity index (χ3n) is 6.19. The van der Waals surface area contributed by atoms with Gasteiger partial charge in [-0.3, -0.25) is 4.90 Å². The second kappa shape index (κ2) is 9.79. The number of nitrogens with zero attached hydrogens (tertiary/aromatic N) is 3. The summed E-state index contributed by atoms with van der Waals surface area (Å²) in [5, 5.41) is 15.7. The van der Waals surface area contributed by atoms with Crippen LogP contribution in [0.4, 0.5) is 4.39 Å². The normalized spacial score (nSPS) is 14.4. The molecule has 1 N–H and O–H groups in total. The molecule has 34 heavy (non-hydrogen) atoms. The smallest absolute Gasteiger partial charge is 0.222 e. The molecular formula is C28H28FN3O2. The number of para-hydroxylation sites is 1. The van der Waals surface area contributed by atoms with Crippen molar-refractivity contribution >= 4 is 0 Å². The summed E-state index contributed by atoms with van der Waals surface area (Å²) < 4.78 is 22.2. The second-order valence-corrected chi connectivity index (χ2v) is 8.74. The Bertz CT molecular complexity index is 1240. The molecule has 0 saturated heterocycles. The third-order valence-corrected chi connectivity index (χ3v) is 6.19. The Kier molecular flexibility index (Phi) is 6.43. The van der Waals surface area contributed by atoms with Gasteiger partial charge in [0.15, 0.2) is 11.6 Å². The molecule has 1 heterocycles. The van der Waals surface area contributed by atoms with E-state index in [1.807, 2.05) is 67.7 Å². The van der Waals surface area contributed by atoms with Crippen LogP contribution < -0.4 is 4.74 Å². The number of hydrogen-bond donors (Lipinski definition) is 1. The molecule has 1 atom stereocenters. The van der Waals surface area contributed by atoms with E-state index in [9.17, 15) is 9.50 Å². The molecule has 3 aromatic carbocycles. The summed E-state index contributed by atoms with van der Waals surface area (Å²) in [4.78, 5) is 2.29. The molecule has 0 radical (unpaired) electrons. The van der Waals surface area contributed by atoms with Crippen molar-refractivity contribution in [2.45, 2.75) is 31.5 Å². The fraction of sp³-hybridized carbons (Fsp3) is 0.250. The number of benzene rings is 3. The predicted molar refractivity (Wildman–Crippen MR) is 130 cm³/mol. The highest BCUT2D eigenvalue weighted by Crippen LogP contribution is 2.38. The monoisotopic (exact) mass is 457 g/mol. The fourth-order valence-corrected chi connectivity index (χ4v) is 4.27. The molecule has 0 spiro atoms. The van der Waals surface area contributed by atoms with Gasteiger partial charge < -0.3 is 9.84 Å². The summed E-state index contributed by atoms with van der Waals surface area (Å²) >= 11 is 0. The van der Waals surface area contributed by atoms with Gasteiger partial charge in [-0.2, -0.15) is 5.10 Å². The number of aryl methyl sites for hydroxylation is 1. The van der Waals surface area contributed by atoms with Crippen molar-refractivity contribution < 1.29 is 14.2 Å². The number of ether oxygens (including phenoxy) is 1. The van der Waals surface area contributed by atoms with Crippen LogP contribution >= 0.6 is 0 Å². The highest BCUT2D eigenvalue weighted by atomic mass is 19.1. The van der Waals surface area contributed by atoms with E-state index in [2.05, 4.69) is 4.90 Å². The average Bonchev–Trinajstić information content (AvgIpc) is 3.67. The van der Waals surface area contributed by atoms with Crippen LogP contribution in [0.3, 0.4) is 0 Å². The fourth-order valence-electron chi connectivity index (χ4n) is 4.27. The van der Waals surface area contributed by atoms with Crippen molar-refractivity contribution in [2.75, 3.05) is 6.54 Å². The van der Waals surface area contributed by atoms with E-state index in [0.29, 0.717) is 25.0 Å². The largest absolute Gasteiger partial charge is 0.436 e. The Labute approximate surface area is 199 Å². The molecular weight excluding hydrogens is 429 g/mol. The number of aromatic nitrogens is 2. The summed E-state index contributed by atoms with van der Waals surface area (Å²) in [5.41, 5.74) is 3.54. The van der Waals surface area contributed by atoms with Gasteiger partial charge in [0.25, 0.3) is 0 Å². The zero-order valence-corrected chi connectivity index (χ0v) is 19.1. The Morgan fingerprint density at radius 1 is 1.00 bits per heavy atom. The molecule has 1 fully saturated rings. The number of halogens is 1. The predicted octanol–water partition coefficient (Wildman–Crippen LogP) is 5.72. The minimum absolute atomic E-state index is 0.161. The van der Waals surface area contributed by atoms with E-state index in [0.717, 1.165) is 35.2 Å². The SMILES string of the molecule is Cn1nc(-c2ccccc2)c(CN(CC(O)c2ccccc2)C2CC2)c1Oc1ccccc1F. The number of rotatable bonds is 9. The molecule has 1 aliphatic carbocycles. The van der Waals surface area contributed by atoms with Crippen LogP contribution in [0.25, 0.3) is 11.3 Å².